The fourth-order valence-electron chi connectivity index (χ4n) is 3.08. The molecule has 0 aliphatic heterocycles. The van der Waals surface area contributed by atoms with E-state index >= 15 is 0 Å². The maximum Gasteiger partial charge on any atom is 0.306 e. The average molecular weight is 349 g/mol. The van der Waals surface area contributed by atoms with Crippen LogP contribution in [0.5, 0.6) is 0 Å². The van der Waals surface area contributed by atoms with E-state index < -0.39 is 0 Å². The van der Waals surface area contributed by atoms with Crippen LogP contribution in [0, 0.1) is 11.8 Å². The van der Waals surface area contributed by atoms with Gasteiger partial charge in [-0.05, 0) is 42.4 Å². The summed E-state index contributed by atoms with van der Waals surface area (Å²) in [6.45, 7) is 15.4. The first-order valence-electron chi connectivity index (χ1n) is 9.50. The molecule has 142 valence electrons. The van der Waals surface area contributed by atoms with Crippen LogP contribution >= 0.6 is 0 Å². The summed E-state index contributed by atoms with van der Waals surface area (Å²) in [4.78, 5) is 14.2. The number of hydrogen-bond donors (Lipinski definition) is 1. The second-order valence-electron chi connectivity index (χ2n) is 7.63. The summed E-state index contributed by atoms with van der Waals surface area (Å²) in [5.41, 5.74) is 3.52. The lowest BCUT2D eigenvalue weighted by molar-refractivity contribution is -0.143. The van der Waals surface area contributed by atoms with Crippen molar-refractivity contribution in [3.63, 3.8) is 0 Å². The summed E-state index contributed by atoms with van der Waals surface area (Å²) in [7, 11) is 1.96. The van der Waals surface area contributed by atoms with Crippen molar-refractivity contribution in [2.24, 2.45) is 11.8 Å². The van der Waals surface area contributed by atoms with Crippen LogP contribution in [0.1, 0.15) is 59.4 Å². The van der Waals surface area contributed by atoms with Crippen LogP contribution in [-0.2, 0) is 9.53 Å². The molecule has 1 unspecified atom stereocenters. The van der Waals surface area contributed by atoms with Gasteiger partial charge in [-0.3, -0.25) is 4.79 Å². The fraction of sp³-hybridized carbons (Fsp3) is 0.667. The molecular formula is C21H36N2O2. The van der Waals surface area contributed by atoms with Crippen LogP contribution in [0.3, 0.4) is 0 Å². The molecule has 0 radical (unpaired) electrons. The number of nitrogens with one attached hydrogen (secondary N) is 1. The summed E-state index contributed by atoms with van der Waals surface area (Å²) >= 11 is 0. The summed E-state index contributed by atoms with van der Waals surface area (Å²) in [5.74, 6) is 1.21. The number of rotatable bonds is 10. The maximum absolute atomic E-state index is 11.8. The van der Waals surface area contributed by atoms with E-state index in [1.807, 2.05) is 14.0 Å². The highest BCUT2D eigenvalue weighted by Crippen LogP contribution is 2.32. The van der Waals surface area contributed by atoms with Gasteiger partial charge >= 0.3 is 5.97 Å². The third kappa shape index (κ3) is 6.97. The number of anilines is 2. The standard InChI is InChI=1S/C21H36N2O2/c1-8-25-21(24)11-17(6)18-9-10-20(19(12-18)22-7)23(13-15(2)3)14-16(4)5/h9-10,12,15-17,22H,8,11,13-14H2,1-7H3. The zero-order chi connectivity index (χ0) is 19.0. The predicted octanol–water partition coefficient (Wildman–Crippen LogP) is 4.90. The first-order chi connectivity index (χ1) is 11.8. The van der Waals surface area contributed by atoms with Crippen molar-refractivity contribution in [1.82, 2.24) is 0 Å². The van der Waals surface area contributed by atoms with Crippen molar-refractivity contribution >= 4 is 17.3 Å². The Balaban J connectivity index is 3.04. The molecule has 0 amide bonds. The van der Waals surface area contributed by atoms with Gasteiger partial charge in [0.05, 0.1) is 24.4 Å². The molecule has 4 heteroatoms. The van der Waals surface area contributed by atoms with Gasteiger partial charge in [-0.2, -0.15) is 0 Å². The molecule has 0 aliphatic rings. The Kier molecular flexibility index (Phi) is 8.81. The van der Waals surface area contributed by atoms with Gasteiger partial charge in [0, 0.05) is 20.1 Å². The highest BCUT2D eigenvalue weighted by atomic mass is 16.5. The number of benzene rings is 1. The first-order valence-corrected chi connectivity index (χ1v) is 9.50. The lowest BCUT2D eigenvalue weighted by atomic mass is 9.96. The monoisotopic (exact) mass is 348 g/mol. The molecule has 25 heavy (non-hydrogen) atoms. The third-order valence-electron chi connectivity index (χ3n) is 4.15. The molecule has 1 atom stereocenters. The maximum atomic E-state index is 11.8. The Morgan fingerprint density at radius 1 is 1.12 bits per heavy atom. The number of nitrogens with zero attached hydrogens (tertiary/aromatic N) is 1. The van der Waals surface area contributed by atoms with E-state index in [1.54, 1.807) is 0 Å². The van der Waals surface area contributed by atoms with Gasteiger partial charge in [-0.1, -0.05) is 40.7 Å². The molecule has 1 aromatic rings. The zero-order valence-corrected chi connectivity index (χ0v) is 17.1. The van der Waals surface area contributed by atoms with Crippen LogP contribution in [0.4, 0.5) is 11.4 Å². The van der Waals surface area contributed by atoms with Crippen LogP contribution < -0.4 is 10.2 Å². The smallest absolute Gasteiger partial charge is 0.306 e. The highest BCUT2D eigenvalue weighted by Gasteiger charge is 2.17. The van der Waals surface area contributed by atoms with E-state index in [1.165, 1.54) is 5.69 Å². The molecule has 4 nitrogen and oxygen atoms in total. The Morgan fingerprint density at radius 2 is 1.72 bits per heavy atom. The number of ether oxygens (including phenoxy) is 1. The largest absolute Gasteiger partial charge is 0.466 e. The Hall–Kier alpha value is -1.71. The number of hydrogen-bond acceptors (Lipinski definition) is 4. The van der Waals surface area contributed by atoms with Crippen LogP contribution in [0.2, 0.25) is 0 Å². The summed E-state index contributed by atoms with van der Waals surface area (Å²) in [5, 5.41) is 3.34. The quantitative estimate of drug-likeness (QED) is 0.610. The van der Waals surface area contributed by atoms with Crippen molar-refractivity contribution < 1.29 is 9.53 Å². The highest BCUT2D eigenvalue weighted by molar-refractivity contribution is 5.73. The Bertz CT molecular complexity index is 531. The Morgan fingerprint density at radius 3 is 2.20 bits per heavy atom. The van der Waals surface area contributed by atoms with Gasteiger partial charge in [-0.15, -0.1) is 0 Å². The van der Waals surface area contributed by atoms with Gasteiger partial charge in [0.2, 0.25) is 0 Å². The van der Waals surface area contributed by atoms with Gasteiger partial charge in [0.25, 0.3) is 0 Å². The third-order valence-corrected chi connectivity index (χ3v) is 4.15. The van der Waals surface area contributed by atoms with E-state index in [0.29, 0.717) is 24.9 Å². The minimum Gasteiger partial charge on any atom is -0.466 e. The SMILES string of the molecule is CCOC(=O)CC(C)c1ccc(N(CC(C)C)CC(C)C)c(NC)c1. The predicted molar refractivity (Wildman–Crippen MR) is 108 cm³/mol. The van der Waals surface area contributed by atoms with E-state index in [0.717, 1.165) is 24.3 Å². The molecule has 0 saturated carbocycles. The molecule has 1 N–H and O–H groups in total. The zero-order valence-electron chi connectivity index (χ0n) is 17.1. The molecule has 0 heterocycles. The number of carbonyl (C=O) groups is 1. The van der Waals surface area contributed by atoms with Crippen LogP contribution in [0.25, 0.3) is 0 Å². The summed E-state index contributed by atoms with van der Waals surface area (Å²) in [6.07, 6.45) is 0.415. The van der Waals surface area contributed by atoms with E-state index in [9.17, 15) is 4.79 Å². The lowest BCUT2D eigenvalue weighted by Crippen LogP contribution is -2.31. The molecule has 0 fully saturated rings. The summed E-state index contributed by atoms with van der Waals surface area (Å²) in [6, 6.07) is 6.51. The minimum atomic E-state index is -0.133. The number of carbonyl (C=O) groups excluding carboxylic acids is 1. The van der Waals surface area contributed by atoms with Crippen molar-refractivity contribution in [1.29, 1.82) is 0 Å². The van der Waals surface area contributed by atoms with Crippen LogP contribution in [-0.4, -0.2) is 32.7 Å². The van der Waals surface area contributed by atoms with Crippen molar-refractivity contribution in [2.45, 2.75) is 53.9 Å². The van der Waals surface area contributed by atoms with Crippen molar-refractivity contribution in [2.75, 3.05) is 37.0 Å². The normalized spacial score (nSPS) is 12.4. The fourth-order valence-corrected chi connectivity index (χ4v) is 3.08. The lowest BCUT2D eigenvalue weighted by Gasteiger charge is -2.31. The van der Waals surface area contributed by atoms with E-state index in [4.69, 9.17) is 4.74 Å². The minimum absolute atomic E-state index is 0.133. The van der Waals surface area contributed by atoms with Crippen molar-refractivity contribution in [3.8, 4) is 0 Å². The van der Waals surface area contributed by atoms with Gasteiger partial charge in [-0.25, -0.2) is 0 Å². The summed E-state index contributed by atoms with van der Waals surface area (Å²) < 4.78 is 5.08. The molecule has 0 spiro atoms. The van der Waals surface area contributed by atoms with Gasteiger partial charge in [0.15, 0.2) is 0 Å². The average Bonchev–Trinajstić information content (AvgIpc) is 2.52. The molecule has 0 aromatic heterocycles. The molecule has 0 bridgehead atoms. The molecule has 1 rings (SSSR count). The molecule has 0 saturated heterocycles. The molecule has 0 aliphatic carbocycles. The molecular weight excluding hydrogens is 312 g/mol. The van der Waals surface area contributed by atoms with Crippen LogP contribution in [0.15, 0.2) is 18.2 Å². The Labute approximate surface area is 153 Å². The number of esters is 1. The van der Waals surface area contributed by atoms with E-state index in [-0.39, 0.29) is 11.9 Å². The first kappa shape index (κ1) is 21.3. The second-order valence-corrected chi connectivity index (χ2v) is 7.63. The van der Waals surface area contributed by atoms with Gasteiger partial charge in [0.1, 0.15) is 0 Å². The molecule has 1 aromatic carbocycles. The van der Waals surface area contributed by atoms with E-state index in [2.05, 4.69) is 63.0 Å². The second kappa shape index (κ2) is 10.3. The topological polar surface area (TPSA) is 41.6 Å². The van der Waals surface area contributed by atoms with Gasteiger partial charge < -0.3 is 15.0 Å². The van der Waals surface area contributed by atoms with Crippen molar-refractivity contribution in [3.05, 3.63) is 23.8 Å².